The van der Waals surface area contributed by atoms with Crippen molar-refractivity contribution in [3.05, 3.63) is 17.5 Å². The molecule has 0 saturated heterocycles. The molecule has 2 heteroatoms. The lowest BCUT2D eigenvalue weighted by Crippen LogP contribution is -2.02. The second-order valence-electron chi connectivity index (χ2n) is 3.71. The third-order valence-corrected chi connectivity index (χ3v) is 2.33. The van der Waals surface area contributed by atoms with Crippen molar-refractivity contribution in [1.82, 2.24) is 9.78 Å². The Bertz CT molecular complexity index is 251. The lowest BCUT2D eigenvalue weighted by Gasteiger charge is -2.03. The first kappa shape index (κ1) is 10.3. The van der Waals surface area contributed by atoms with Crippen molar-refractivity contribution in [3.63, 3.8) is 0 Å². The Kier molecular flexibility index (Phi) is 4.00. The second kappa shape index (κ2) is 5.05. The van der Waals surface area contributed by atoms with Crippen LogP contribution in [0.25, 0.3) is 0 Å². The van der Waals surface area contributed by atoms with E-state index >= 15 is 0 Å². The fourth-order valence-corrected chi connectivity index (χ4v) is 1.59. The molecule has 0 saturated carbocycles. The lowest BCUT2D eigenvalue weighted by molar-refractivity contribution is 0.529. The van der Waals surface area contributed by atoms with Gasteiger partial charge in [-0.05, 0) is 26.3 Å². The normalized spacial score (nSPS) is 10.7. The van der Waals surface area contributed by atoms with Crippen LogP contribution < -0.4 is 0 Å². The molecule has 0 aliphatic rings. The van der Waals surface area contributed by atoms with Crippen LogP contribution >= 0.6 is 0 Å². The summed E-state index contributed by atoms with van der Waals surface area (Å²) < 4.78 is 2.12. The molecule has 0 spiro atoms. The second-order valence-corrected chi connectivity index (χ2v) is 3.71. The Balaban J connectivity index is 2.32. The van der Waals surface area contributed by atoms with Gasteiger partial charge in [0.2, 0.25) is 0 Å². The highest BCUT2D eigenvalue weighted by atomic mass is 15.3. The van der Waals surface area contributed by atoms with E-state index in [1.54, 1.807) is 0 Å². The highest BCUT2D eigenvalue weighted by Crippen LogP contribution is 2.05. The number of rotatable bonds is 5. The first-order chi connectivity index (χ1) is 6.24. The van der Waals surface area contributed by atoms with E-state index in [2.05, 4.69) is 36.6 Å². The molecule has 0 atom stereocenters. The summed E-state index contributed by atoms with van der Waals surface area (Å²) in [5.41, 5.74) is 2.42. The summed E-state index contributed by atoms with van der Waals surface area (Å²) in [5.74, 6) is 0. The highest BCUT2D eigenvalue weighted by Gasteiger charge is 1.99. The minimum Gasteiger partial charge on any atom is -0.270 e. The fourth-order valence-electron chi connectivity index (χ4n) is 1.59. The van der Waals surface area contributed by atoms with Gasteiger partial charge >= 0.3 is 0 Å². The molecule has 1 heterocycles. The summed E-state index contributed by atoms with van der Waals surface area (Å²) in [6.07, 6.45) is 5.24. The highest BCUT2D eigenvalue weighted by molar-refractivity contribution is 5.06. The van der Waals surface area contributed by atoms with Gasteiger partial charge in [-0.3, -0.25) is 4.68 Å². The van der Waals surface area contributed by atoms with Crippen molar-refractivity contribution in [2.45, 2.75) is 53.0 Å². The summed E-state index contributed by atoms with van der Waals surface area (Å²) in [7, 11) is 0. The minimum absolute atomic E-state index is 1.08. The molecule has 0 bridgehead atoms. The third-order valence-electron chi connectivity index (χ3n) is 2.33. The van der Waals surface area contributed by atoms with E-state index < -0.39 is 0 Å². The van der Waals surface area contributed by atoms with Crippen molar-refractivity contribution >= 4 is 0 Å². The van der Waals surface area contributed by atoms with Crippen LogP contribution in [0.5, 0.6) is 0 Å². The van der Waals surface area contributed by atoms with Gasteiger partial charge in [0.1, 0.15) is 0 Å². The van der Waals surface area contributed by atoms with E-state index in [-0.39, 0.29) is 0 Å². The van der Waals surface area contributed by atoms with Crippen LogP contribution in [-0.4, -0.2) is 9.78 Å². The molecule has 2 nitrogen and oxygen atoms in total. The van der Waals surface area contributed by atoms with Crippen LogP contribution in [0.2, 0.25) is 0 Å². The topological polar surface area (TPSA) is 17.8 Å². The quantitative estimate of drug-likeness (QED) is 0.637. The van der Waals surface area contributed by atoms with Gasteiger partial charge in [0.25, 0.3) is 0 Å². The summed E-state index contributed by atoms with van der Waals surface area (Å²) in [5, 5.41) is 4.42. The number of unbranched alkanes of at least 4 members (excludes halogenated alkanes) is 3. The number of hydrogen-bond acceptors (Lipinski definition) is 1. The Hall–Kier alpha value is -0.790. The average molecular weight is 180 g/mol. The molecule has 1 aromatic rings. The van der Waals surface area contributed by atoms with Gasteiger partial charge in [-0.1, -0.05) is 26.2 Å². The summed E-state index contributed by atoms with van der Waals surface area (Å²) in [4.78, 5) is 0. The van der Waals surface area contributed by atoms with Crippen molar-refractivity contribution in [1.29, 1.82) is 0 Å². The van der Waals surface area contributed by atoms with E-state index in [0.717, 1.165) is 12.2 Å². The van der Waals surface area contributed by atoms with Gasteiger partial charge in [-0.2, -0.15) is 5.10 Å². The van der Waals surface area contributed by atoms with Crippen molar-refractivity contribution in [2.24, 2.45) is 0 Å². The maximum Gasteiger partial charge on any atom is 0.0596 e. The van der Waals surface area contributed by atoms with Crippen LogP contribution in [0.4, 0.5) is 0 Å². The maximum absolute atomic E-state index is 4.42. The van der Waals surface area contributed by atoms with Crippen LogP contribution in [0.1, 0.15) is 44.0 Å². The lowest BCUT2D eigenvalue weighted by atomic mass is 10.2. The van der Waals surface area contributed by atoms with Gasteiger partial charge in [-0.15, -0.1) is 0 Å². The zero-order chi connectivity index (χ0) is 9.68. The number of nitrogens with zero attached hydrogens (tertiary/aromatic N) is 2. The first-order valence-electron chi connectivity index (χ1n) is 5.25. The van der Waals surface area contributed by atoms with Gasteiger partial charge in [0.15, 0.2) is 0 Å². The number of aromatic nitrogens is 2. The molecule has 0 fully saturated rings. The van der Waals surface area contributed by atoms with Crippen molar-refractivity contribution in [2.75, 3.05) is 0 Å². The smallest absolute Gasteiger partial charge is 0.0596 e. The molecule has 1 aromatic heterocycles. The van der Waals surface area contributed by atoms with Crippen LogP contribution in [0, 0.1) is 13.8 Å². The Morgan fingerprint density at radius 2 is 2.00 bits per heavy atom. The molecule has 0 unspecified atom stereocenters. The summed E-state index contributed by atoms with van der Waals surface area (Å²) >= 11 is 0. The van der Waals surface area contributed by atoms with Crippen LogP contribution in [0.15, 0.2) is 6.07 Å². The molecule has 13 heavy (non-hydrogen) atoms. The van der Waals surface area contributed by atoms with E-state index in [1.807, 2.05) is 0 Å². The minimum atomic E-state index is 1.08. The SMILES string of the molecule is CCCCCCn1nc(C)cc1C. The Morgan fingerprint density at radius 1 is 1.23 bits per heavy atom. The molecule has 0 radical (unpaired) electrons. The van der Waals surface area contributed by atoms with Gasteiger partial charge < -0.3 is 0 Å². The van der Waals surface area contributed by atoms with Gasteiger partial charge in [-0.25, -0.2) is 0 Å². The van der Waals surface area contributed by atoms with Gasteiger partial charge in [0.05, 0.1) is 5.69 Å². The van der Waals surface area contributed by atoms with Crippen molar-refractivity contribution < 1.29 is 0 Å². The molecule has 74 valence electrons. The fraction of sp³-hybridized carbons (Fsp3) is 0.727. The monoisotopic (exact) mass is 180 g/mol. The molecule has 0 aromatic carbocycles. The molecular weight excluding hydrogens is 160 g/mol. The standard InChI is InChI=1S/C11H20N2/c1-4-5-6-7-8-13-11(3)9-10(2)12-13/h9H,4-8H2,1-3H3. The van der Waals surface area contributed by atoms with Crippen LogP contribution in [-0.2, 0) is 6.54 Å². The van der Waals surface area contributed by atoms with Crippen molar-refractivity contribution in [3.8, 4) is 0 Å². The predicted octanol–water partition coefficient (Wildman–Crippen LogP) is 3.08. The van der Waals surface area contributed by atoms with E-state index in [4.69, 9.17) is 0 Å². The first-order valence-corrected chi connectivity index (χ1v) is 5.25. The van der Waals surface area contributed by atoms with E-state index in [9.17, 15) is 0 Å². The zero-order valence-corrected chi connectivity index (χ0v) is 9.01. The predicted molar refractivity (Wildman–Crippen MR) is 55.8 cm³/mol. The zero-order valence-electron chi connectivity index (χ0n) is 9.01. The molecular formula is C11H20N2. The maximum atomic E-state index is 4.42. The Morgan fingerprint density at radius 3 is 2.54 bits per heavy atom. The molecule has 0 amide bonds. The molecule has 0 N–H and O–H groups in total. The largest absolute Gasteiger partial charge is 0.270 e. The number of aryl methyl sites for hydroxylation is 3. The van der Waals surface area contributed by atoms with Crippen LogP contribution in [0.3, 0.4) is 0 Å². The average Bonchev–Trinajstić information content (AvgIpc) is 2.39. The molecule has 1 rings (SSSR count). The Labute approximate surface area is 81.0 Å². The molecule has 0 aliphatic heterocycles. The number of hydrogen-bond donors (Lipinski definition) is 0. The third kappa shape index (κ3) is 3.21. The summed E-state index contributed by atoms with van der Waals surface area (Å²) in [6, 6.07) is 2.14. The summed E-state index contributed by atoms with van der Waals surface area (Å²) in [6.45, 7) is 7.50. The van der Waals surface area contributed by atoms with E-state index in [0.29, 0.717) is 0 Å². The van der Waals surface area contributed by atoms with E-state index in [1.165, 1.54) is 31.4 Å². The molecule has 0 aliphatic carbocycles. The van der Waals surface area contributed by atoms with Gasteiger partial charge in [0, 0.05) is 12.2 Å².